The Morgan fingerprint density at radius 2 is 1.86 bits per heavy atom. The van der Waals surface area contributed by atoms with Crippen molar-refractivity contribution in [3.8, 4) is 5.69 Å². The minimum atomic E-state index is 0.769. The van der Waals surface area contributed by atoms with Gasteiger partial charge in [0.15, 0.2) is 5.82 Å². The van der Waals surface area contributed by atoms with Crippen LogP contribution in [0, 0.1) is 13.8 Å². The molecule has 1 heterocycles. The predicted molar refractivity (Wildman–Crippen MR) is 82.4 cm³/mol. The second-order valence-electron chi connectivity index (χ2n) is 5.03. The molecule has 3 rings (SSSR count). The topological polar surface area (TPSA) is 55.6 Å². The molecule has 0 spiro atoms. The van der Waals surface area contributed by atoms with Crippen molar-refractivity contribution in [3.05, 3.63) is 65.5 Å². The predicted octanol–water partition coefficient (Wildman–Crippen LogP) is 2.89. The van der Waals surface area contributed by atoms with Crippen LogP contribution in [-0.2, 0) is 6.54 Å². The van der Waals surface area contributed by atoms with Crippen molar-refractivity contribution in [2.24, 2.45) is 0 Å². The van der Waals surface area contributed by atoms with Gasteiger partial charge in [-0.2, -0.15) is 4.68 Å². The first-order valence-electron chi connectivity index (χ1n) is 6.87. The van der Waals surface area contributed by atoms with Gasteiger partial charge in [-0.05, 0) is 48.0 Å². The molecule has 106 valence electrons. The number of hydrogen-bond acceptors (Lipinski definition) is 4. The summed E-state index contributed by atoms with van der Waals surface area (Å²) in [7, 11) is 0. The van der Waals surface area contributed by atoms with Crippen LogP contribution in [0.4, 0.5) is 5.69 Å². The molecule has 0 saturated heterocycles. The number of hydrogen-bond donors (Lipinski definition) is 1. The largest absolute Gasteiger partial charge is 0.381 e. The molecular formula is C16H17N5. The Morgan fingerprint density at radius 3 is 2.57 bits per heavy atom. The third-order valence-electron chi connectivity index (χ3n) is 3.33. The Bertz CT molecular complexity index is 730. The van der Waals surface area contributed by atoms with E-state index in [1.807, 2.05) is 31.2 Å². The standard InChI is InChI=1S/C16H17N5/c1-12-6-8-14(9-7-12)11-17-15-4-3-5-16(10-15)21-13(2)18-19-20-21/h3-10,17H,11H2,1-2H3. The van der Waals surface area contributed by atoms with Crippen LogP contribution in [0.25, 0.3) is 5.69 Å². The quantitative estimate of drug-likeness (QED) is 0.798. The zero-order valence-corrected chi connectivity index (χ0v) is 12.1. The molecule has 2 aromatic carbocycles. The van der Waals surface area contributed by atoms with Crippen LogP contribution in [0.2, 0.25) is 0 Å². The van der Waals surface area contributed by atoms with Gasteiger partial charge in [0.1, 0.15) is 0 Å². The summed E-state index contributed by atoms with van der Waals surface area (Å²) in [4.78, 5) is 0. The van der Waals surface area contributed by atoms with Crippen LogP contribution < -0.4 is 5.32 Å². The van der Waals surface area contributed by atoms with Crippen molar-refractivity contribution in [2.45, 2.75) is 20.4 Å². The summed E-state index contributed by atoms with van der Waals surface area (Å²) < 4.78 is 1.72. The molecule has 0 unspecified atom stereocenters. The van der Waals surface area contributed by atoms with E-state index in [2.05, 4.69) is 52.0 Å². The molecular weight excluding hydrogens is 262 g/mol. The molecule has 3 aromatic rings. The highest BCUT2D eigenvalue weighted by atomic mass is 15.5. The van der Waals surface area contributed by atoms with Crippen molar-refractivity contribution in [2.75, 3.05) is 5.32 Å². The van der Waals surface area contributed by atoms with E-state index in [1.54, 1.807) is 4.68 Å². The summed E-state index contributed by atoms with van der Waals surface area (Å²) in [5.41, 5.74) is 4.52. The third-order valence-corrected chi connectivity index (χ3v) is 3.33. The molecule has 1 aromatic heterocycles. The van der Waals surface area contributed by atoms with E-state index in [0.717, 1.165) is 23.7 Å². The van der Waals surface area contributed by atoms with Crippen molar-refractivity contribution in [1.29, 1.82) is 0 Å². The zero-order chi connectivity index (χ0) is 14.7. The molecule has 0 saturated carbocycles. The fourth-order valence-corrected chi connectivity index (χ4v) is 2.13. The maximum Gasteiger partial charge on any atom is 0.153 e. The Balaban J connectivity index is 1.74. The lowest BCUT2D eigenvalue weighted by Crippen LogP contribution is -2.02. The summed E-state index contributed by atoms with van der Waals surface area (Å²) in [6.45, 7) is 4.76. The van der Waals surface area contributed by atoms with Gasteiger partial charge in [-0.25, -0.2) is 0 Å². The van der Waals surface area contributed by atoms with Crippen molar-refractivity contribution in [1.82, 2.24) is 20.2 Å². The van der Waals surface area contributed by atoms with Gasteiger partial charge in [0.2, 0.25) is 0 Å². The maximum atomic E-state index is 3.98. The van der Waals surface area contributed by atoms with Crippen molar-refractivity contribution < 1.29 is 0 Å². The van der Waals surface area contributed by atoms with Gasteiger partial charge in [0, 0.05) is 12.2 Å². The van der Waals surface area contributed by atoms with Crippen LogP contribution in [0.3, 0.4) is 0 Å². The third kappa shape index (κ3) is 3.08. The molecule has 0 amide bonds. The van der Waals surface area contributed by atoms with Gasteiger partial charge in [0.05, 0.1) is 5.69 Å². The minimum absolute atomic E-state index is 0.769. The number of aryl methyl sites for hydroxylation is 2. The van der Waals surface area contributed by atoms with Crippen molar-refractivity contribution >= 4 is 5.69 Å². The smallest absolute Gasteiger partial charge is 0.153 e. The summed E-state index contributed by atoms with van der Waals surface area (Å²) >= 11 is 0. The highest BCUT2D eigenvalue weighted by Crippen LogP contribution is 2.15. The Hall–Kier alpha value is -2.69. The molecule has 0 aliphatic carbocycles. The van der Waals surface area contributed by atoms with Gasteiger partial charge in [-0.15, -0.1) is 5.10 Å². The molecule has 0 atom stereocenters. The van der Waals surface area contributed by atoms with E-state index in [9.17, 15) is 0 Å². The number of nitrogens with zero attached hydrogens (tertiary/aromatic N) is 4. The average molecular weight is 279 g/mol. The fraction of sp³-hybridized carbons (Fsp3) is 0.188. The second-order valence-corrected chi connectivity index (χ2v) is 5.03. The van der Waals surface area contributed by atoms with E-state index < -0.39 is 0 Å². The van der Waals surface area contributed by atoms with Crippen LogP contribution in [-0.4, -0.2) is 20.2 Å². The Morgan fingerprint density at radius 1 is 1.05 bits per heavy atom. The van der Waals surface area contributed by atoms with Crippen molar-refractivity contribution in [3.63, 3.8) is 0 Å². The van der Waals surface area contributed by atoms with Gasteiger partial charge < -0.3 is 5.32 Å². The first-order chi connectivity index (χ1) is 10.2. The maximum absolute atomic E-state index is 3.98. The molecule has 0 fully saturated rings. The lowest BCUT2D eigenvalue weighted by molar-refractivity contribution is 0.779. The van der Waals surface area contributed by atoms with Gasteiger partial charge >= 0.3 is 0 Å². The normalized spacial score (nSPS) is 10.6. The number of anilines is 1. The molecule has 0 aliphatic rings. The van der Waals surface area contributed by atoms with Gasteiger partial charge in [-0.1, -0.05) is 35.9 Å². The van der Waals surface area contributed by atoms with Crippen LogP contribution in [0.1, 0.15) is 17.0 Å². The van der Waals surface area contributed by atoms with E-state index in [-0.39, 0.29) is 0 Å². The van der Waals surface area contributed by atoms with Crippen LogP contribution >= 0.6 is 0 Å². The van der Waals surface area contributed by atoms with Crippen LogP contribution in [0.15, 0.2) is 48.5 Å². The second kappa shape index (κ2) is 5.75. The molecule has 5 heteroatoms. The van der Waals surface area contributed by atoms with Gasteiger partial charge in [-0.3, -0.25) is 0 Å². The zero-order valence-electron chi connectivity index (χ0n) is 12.1. The highest BCUT2D eigenvalue weighted by Gasteiger charge is 2.04. The molecule has 0 radical (unpaired) electrons. The molecule has 5 nitrogen and oxygen atoms in total. The number of nitrogens with one attached hydrogen (secondary N) is 1. The lowest BCUT2D eigenvalue weighted by Gasteiger charge is -2.09. The Kier molecular flexibility index (Phi) is 3.64. The fourth-order valence-electron chi connectivity index (χ4n) is 2.13. The Labute approximate surface area is 123 Å². The number of tetrazole rings is 1. The van der Waals surface area contributed by atoms with E-state index >= 15 is 0 Å². The lowest BCUT2D eigenvalue weighted by atomic mass is 10.1. The number of rotatable bonds is 4. The van der Waals surface area contributed by atoms with E-state index in [4.69, 9.17) is 0 Å². The molecule has 0 bridgehead atoms. The summed E-state index contributed by atoms with van der Waals surface area (Å²) in [5, 5.41) is 15.0. The molecule has 0 aliphatic heterocycles. The highest BCUT2D eigenvalue weighted by molar-refractivity contribution is 5.51. The average Bonchev–Trinajstić information content (AvgIpc) is 2.93. The minimum Gasteiger partial charge on any atom is -0.381 e. The molecule has 1 N–H and O–H groups in total. The molecule has 21 heavy (non-hydrogen) atoms. The van der Waals surface area contributed by atoms with E-state index in [1.165, 1.54) is 11.1 Å². The summed E-state index contributed by atoms with van der Waals surface area (Å²) in [6, 6.07) is 16.6. The van der Waals surface area contributed by atoms with Gasteiger partial charge in [0.25, 0.3) is 0 Å². The summed E-state index contributed by atoms with van der Waals surface area (Å²) in [6.07, 6.45) is 0. The van der Waals surface area contributed by atoms with E-state index in [0.29, 0.717) is 0 Å². The first kappa shape index (κ1) is 13.3. The number of benzene rings is 2. The SMILES string of the molecule is Cc1ccc(CNc2cccc(-n3nnnc3C)c2)cc1. The summed E-state index contributed by atoms with van der Waals surface area (Å²) in [5.74, 6) is 0.769. The first-order valence-corrected chi connectivity index (χ1v) is 6.87. The number of aromatic nitrogens is 4. The van der Waals surface area contributed by atoms with Crippen LogP contribution in [0.5, 0.6) is 0 Å². The monoisotopic (exact) mass is 279 g/mol.